The van der Waals surface area contributed by atoms with Gasteiger partial charge in [0.05, 0.1) is 6.61 Å². The summed E-state index contributed by atoms with van der Waals surface area (Å²) in [6, 6.07) is 14.2. The molecule has 1 aliphatic heterocycles. The number of anilines is 1. The molecule has 1 N–H and O–H groups in total. The van der Waals surface area contributed by atoms with Gasteiger partial charge in [-0.25, -0.2) is 4.79 Å². The lowest BCUT2D eigenvalue weighted by atomic mass is 10.1. The van der Waals surface area contributed by atoms with Crippen LogP contribution in [0.15, 0.2) is 48.7 Å². The smallest absolute Gasteiger partial charge is 0.322 e. The van der Waals surface area contributed by atoms with Crippen molar-refractivity contribution in [3.63, 3.8) is 0 Å². The van der Waals surface area contributed by atoms with Crippen LogP contribution in [0.5, 0.6) is 0 Å². The summed E-state index contributed by atoms with van der Waals surface area (Å²) >= 11 is 0. The van der Waals surface area contributed by atoms with Gasteiger partial charge in [0.25, 0.3) is 0 Å². The number of rotatable bonds is 4. The van der Waals surface area contributed by atoms with Crippen LogP contribution in [-0.4, -0.2) is 35.8 Å². The van der Waals surface area contributed by atoms with E-state index >= 15 is 0 Å². The van der Waals surface area contributed by atoms with Gasteiger partial charge in [0.2, 0.25) is 0 Å². The van der Waals surface area contributed by atoms with E-state index in [0.717, 1.165) is 24.2 Å². The molecule has 3 aromatic rings. The van der Waals surface area contributed by atoms with Crippen molar-refractivity contribution in [2.45, 2.75) is 26.4 Å². The van der Waals surface area contributed by atoms with Crippen LogP contribution in [0.3, 0.4) is 0 Å². The summed E-state index contributed by atoms with van der Waals surface area (Å²) in [5.74, 6) is 0. The number of hydrogen-bond donors (Lipinski definition) is 1. The van der Waals surface area contributed by atoms with Crippen molar-refractivity contribution in [1.82, 2.24) is 9.47 Å². The lowest BCUT2D eigenvalue weighted by molar-refractivity contribution is 0.188. The zero-order valence-corrected chi connectivity index (χ0v) is 15.9. The number of ether oxygens (including phenoxy) is 1. The Bertz CT molecular complexity index is 977. The lowest BCUT2D eigenvalue weighted by Gasteiger charge is -2.22. The number of aromatic nitrogens is 1. The zero-order chi connectivity index (χ0) is 18.8. The van der Waals surface area contributed by atoms with Crippen molar-refractivity contribution in [3.05, 3.63) is 65.4 Å². The number of amides is 2. The largest absolute Gasteiger partial charge is 0.383 e. The Labute approximate surface area is 159 Å². The van der Waals surface area contributed by atoms with Gasteiger partial charge in [-0.15, -0.1) is 0 Å². The average Bonchev–Trinajstić information content (AvgIpc) is 2.92. The highest BCUT2D eigenvalue weighted by atomic mass is 16.5. The third-order valence-electron chi connectivity index (χ3n) is 5.29. The molecule has 0 spiro atoms. The number of methoxy groups -OCH3 is 1. The average molecular weight is 363 g/mol. The summed E-state index contributed by atoms with van der Waals surface area (Å²) < 4.78 is 7.51. The number of aryl methyl sites for hydroxylation is 1. The molecule has 0 radical (unpaired) electrons. The first-order valence-electron chi connectivity index (χ1n) is 9.37. The fourth-order valence-electron chi connectivity index (χ4n) is 3.84. The normalized spacial score (nSPS) is 13.6. The van der Waals surface area contributed by atoms with E-state index in [4.69, 9.17) is 4.74 Å². The molecule has 2 aromatic carbocycles. The van der Waals surface area contributed by atoms with Crippen molar-refractivity contribution in [1.29, 1.82) is 0 Å². The predicted molar refractivity (Wildman–Crippen MR) is 108 cm³/mol. The number of nitrogens with one attached hydrogen (secondary N) is 1. The quantitative estimate of drug-likeness (QED) is 0.756. The highest BCUT2D eigenvalue weighted by Crippen LogP contribution is 2.30. The van der Waals surface area contributed by atoms with E-state index in [-0.39, 0.29) is 6.03 Å². The maximum Gasteiger partial charge on any atom is 0.322 e. The highest BCUT2D eigenvalue weighted by Gasteiger charge is 2.22. The minimum atomic E-state index is -0.0429. The first-order valence-corrected chi connectivity index (χ1v) is 9.37. The second-order valence-electron chi connectivity index (χ2n) is 7.07. The third kappa shape index (κ3) is 3.43. The summed E-state index contributed by atoms with van der Waals surface area (Å²) in [6.45, 7) is 4.87. The first kappa shape index (κ1) is 17.6. The lowest BCUT2D eigenvalue weighted by Crippen LogP contribution is -2.35. The number of para-hydroxylation sites is 1. The van der Waals surface area contributed by atoms with Crippen molar-refractivity contribution >= 4 is 22.6 Å². The monoisotopic (exact) mass is 363 g/mol. The number of benzene rings is 2. The minimum Gasteiger partial charge on any atom is -0.383 e. The van der Waals surface area contributed by atoms with Gasteiger partial charge in [0.15, 0.2) is 0 Å². The minimum absolute atomic E-state index is 0.0429. The zero-order valence-electron chi connectivity index (χ0n) is 15.9. The Balaban J connectivity index is 1.59. The molecule has 27 heavy (non-hydrogen) atoms. The maximum atomic E-state index is 12.9. The van der Waals surface area contributed by atoms with Gasteiger partial charge in [-0.1, -0.05) is 30.3 Å². The molecule has 5 heteroatoms. The van der Waals surface area contributed by atoms with E-state index in [1.54, 1.807) is 7.11 Å². The van der Waals surface area contributed by atoms with Crippen LogP contribution in [0.1, 0.15) is 16.7 Å². The van der Waals surface area contributed by atoms with E-state index < -0.39 is 0 Å². The molecule has 4 rings (SSSR count). The number of nitrogens with zero attached hydrogens (tertiary/aromatic N) is 2. The second-order valence-corrected chi connectivity index (χ2v) is 7.07. The van der Waals surface area contributed by atoms with Crippen molar-refractivity contribution in [2.24, 2.45) is 0 Å². The Hall–Kier alpha value is -2.79. The summed E-state index contributed by atoms with van der Waals surface area (Å²) in [7, 11) is 1.73. The molecular weight excluding hydrogens is 338 g/mol. The molecule has 2 heterocycles. The molecule has 0 saturated carbocycles. The Morgan fingerprint density at radius 1 is 1.15 bits per heavy atom. The van der Waals surface area contributed by atoms with Crippen LogP contribution in [0.4, 0.5) is 10.5 Å². The van der Waals surface area contributed by atoms with Crippen molar-refractivity contribution < 1.29 is 9.53 Å². The van der Waals surface area contributed by atoms with Crippen molar-refractivity contribution in [2.75, 3.05) is 25.6 Å². The van der Waals surface area contributed by atoms with Crippen LogP contribution in [0, 0.1) is 6.92 Å². The van der Waals surface area contributed by atoms with Crippen LogP contribution in [0.2, 0.25) is 0 Å². The van der Waals surface area contributed by atoms with Gasteiger partial charge >= 0.3 is 6.03 Å². The Kier molecular flexibility index (Phi) is 4.86. The van der Waals surface area contributed by atoms with Crippen LogP contribution < -0.4 is 5.32 Å². The predicted octanol–water partition coefficient (Wildman–Crippen LogP) is 4.19. The second kappa shape index (κ2) is 7.45. The van der Waals surface area contributed by atoms with Gasteiger partial charge in [-0.05, 0) is 42.2 Å². The number of hydrogen-bond acceptors (Lipinski definition) is 2. The van der Waals surface area contributed by atoms with Crippen LogP contribution in [0.25, 0.3) is 10.9 Å². The van der Waals surface area contributed by atoms with E-state index in [1.165, 1.54) is 22.0 Å². The van der Waals surface area contributed by atoms with Gasteiger partial charge in [0, 0.05) is 49.5 Å². The van der Waals surface area contributed by atoms with E-state index in [9.17, 15) is 4.79 Å². The van der Waals surface area contributed by atoms with Crippen molar-refractivity contribution in [3.8, 4) is 0 Å². The molecule has 2 amide bonds. The van der Waals surface area contributed by atoms with Gasteiger partial charge < -0.3 is 19.5 Å². The molecule has 1 aliphatic rings. The van der Waals surface area contributed by atoms with Gasteiger partial charge in [-0.3, -0.25) is 0 Å². The molecule has 0 saturated heterocycles. The Morgan fingerprint density at radius 2 is 2.00 bits per heavy atom. The molecule has 140 valence electrons. The van der Waals surface area contributed by atoms with Gasteiger partial charge in [0.1, 0.15) is 0 Å². The number of urea groups is 1. The molecule has 5 nitrogen and oxygen atoms in total. The fraction of sp³-hybridized carbons (Fsp3) is 0.318. The summed E-state index contributed by atoms with van der Waals surface area (Å²) in [5.41, 5.74) is 5.67. The molecule has 0 fully saturated rings. The fourth-order valence-corrected chi connectivity index (χ4v) is 3.84. The highest BCUT2D eigenvalue weighted by molar-refractivity contribution is 5.92. The standard InChI is InChI=1S/C22H25N3O2/c1-16-6-3-4-8-19(16)23-22(26)25-11-10-18-14-24(12-13-27-2)20-9-5-7-17(15-25)21(18)20/h3-9,14H,10-13,15H2,1-2H3,(H,23,26). The maximum absolute atomic E-state index is 12.9. The van der Waals surface area contributed by atoms with Crippen LogP contribution in [-0.2, 0) is 24.2 Å². The molecular formula is C22H25N3O2. The summed E-state index contributed by atoms with van der Waals surface area (Å²) in [6.07, 6.45) is 3.07. The van der Waals surface area contributed by atoms with Crippen LogP contribution >= 0.6 is 0 Å². The van der Waals surface area contributed by atoms with E-state index in [1.807, 2.05) is 36.1 Å². The molecule has 0 atom stereocenters. The molecule has 0 aliphatic carbocycles. The van der Waals surface area contributed by atoms with E-state index in [2.05, 4.69) is 34.3 Å². The molecule has 0 bridgehead atoms. The number of carbonyl (C=O) groups is 1. The first-order chi connectivity index (χ1) is 13.2. The SMILES string of the molecule is COCCn1cc2c3c(cccc31)CN(C(=O)Nc1ccccc1C)CC2. The van der Waals surface area contributed by atoms with Gasteiger partial charge in [-0.2, -0.15) is 0 Å². The topological polar surface area (TPSA) is 46.5 Å². The third-order valence-corrected chi connectivity index (χ3v) is 5.29. The molecule has 0 unspecified atom stereocenters. The van der Waals surface area contributed by atoms with E-state index in [0.29, 0.717) is 19.7 Å². The molecule has 1 aromatic heterocycles. The summed E-state index contributed by atoms with van der Waals surface area (Å²) in [4.78, 5) is 14.8. The number of carbonyl (C=O) groups excluding carboxylic acids is 1. The summed E-state index contributed by atoms with van der Waals surface area (Å²) in [5, 5.41) is 4.35. The Morgan fingerprint density at radius 3 is 2.81 bits per heavy atom.